The molecule has 0 amide bonds. The maximum Gasteiger partial charge on any atom is 0.181 e. The molecule has 1 aromatic rings. The Hall–Kier alpha value is -0.680. The lowest BCUT2D eigenvalue weighted by molar-refractivity contribution is -0.117. The second-order valence-corrected chi connectivity index (χ2v) is 7.05. The van der Waals surface area contributed by atoms with E-state index in [0.29, 0.717) is 17.7 Å². The number of rotatable bonds is 2. The molecule has 0 aliphatic heterocycles. The van der Waals surface area contributed by atoms with Crippen molar-refractivity contribution in [1.29, 1.82) is 0 Å². The Morgan fingerprint density at radius 1 is 1.31 bits per heavy atom. The maximum absolute atomic E-state index is 12.2. The largest absolute Gasteiger partial charge is 0.300 e. The number of carbonyl (C=O) groups excluding carboxylic acids is 1. The van der Waals surface area contributed by atoms with Crippen LogP contribution in [0, 0.1) is 0 Å². The molecule has 0 N–H and O–H groups in total. The van der Waals surface area contributed by atoms with Crippen molar-refractivity contribution in [3.63, 3.8) is 0 Å². The number of halogens is 1. The van der Waals surface area contributed by atoms with Crippen molar-refractivity contribution in [2.24, 2.45) is 0 Å². The average Bonchev–Trinajstić information content (AvgIpc) is 2.65. The number of hydrogen-bond acceptors (Lipinski definition) is 3. The summed E-state index contributed by atoms with van der Waals surface area (Å²) < 4.78 is 25.1. The van der Waals surface area contributed by atoms with Gasteiger partial charge in [-0.25, -0.2) is 8.42 Å². The number of Topliss-reactive ketones (excluding diaryl/α,β-unsaturated/α-hetero) is 1. The molecule has 1 saturated carbocycles. The van der Waals surface area contributed by atoms with Gasteiger partial charge in [0, 0.05) is 17.3 Å². The van der Waals surface area contributed by atoms with Gasteiger partial charge in [-0.15, -0.1) is 0 Å². The Labute approximate surface area is 103 Å². The Bertz CT molecular complexity index is 522. The van der Waals surface area contributed by atoms with Crippen LogP contribution in [0.2, 0.25) is 0 Å². The second kappa shape index (κ2) is 4.30. The highest BCUT2D eigenvalue weighted by Gasteiger charge is 2.34. The molecule has 0 bridgehead atoms. The van der Waals surface area contributed by atoms with Crippen LogP contribution < -0.4 is 0 Å². The Kier molecular flexibility index (Phi) is 3.17. The monoisotopic (exact) mass is 302 g/mol. The molecule has 0 heterocycles. The Morgan fingerprint density at radius 2 is 2.06 bits per heavy atom. The highest BCUT2D eigenvalue weighted by atomic mass is 79.9. The third-order valence-corrected chi connectivity index (χ3v) is 5.45. The summed E-state index contributed by atoms with van der Waals surface area (Å²) in [4.78, 5) is 11.4. The summed E-state index contributed by atoms with van der Waals surface area (Å²) in [6.07, 6.45) is 1.00. The number of hydrogen-bond donors (Lipinski definition) is 0. The number of benzene rings is 1. The van der Waals surface area contributed by atoms with Crippen LogP contribution in [0.25, 0.3) is 0 Å². The molecule has 1 unspecified atom stereocenters. The summed E-state index contributed by atoms with van der Waals surface area (Å²) in [5.41, 5.74) is 0. The fourth-order valence-corrected chi connectivity index (χ4v) is 4.21. The maximum atomic E-state index is 12.2. The third-order valence-electron chi connectivity index (χ3n) is 2.76. The minimum Gasteiger partial charge on any atom is -0.300 e. The van der Waals surface area contributed by atoms with Crippen LogP contribution in [0.15, 0.2) is 33.6 Å². The third kappa shape index (κ3) is 2.20. The van der Waals surface area contributed by atoms with E-state index < -0.39 is 15.1 Å². The lowest BCUT2D eigenvalue weighted by Crippen LogP contribution is -2.18. The number of sulfone groups is 1. The zero-order valence-corrected chi connectivity index (χ0v) is 10.9. The van der Waals surface area contributed by atoms with Gasteiger partial charge in [-0.05, 0) is 24.6 Å². The number of carbonyl (C=O) groups is 1. The second-order valence-electron chi connectivity index (χ2n) is 3.91. The predicted molar refractivity (Wildman–Crippen MR) is 64.0 cm³/mol. The molecule has 1 fully saturated rings. The van der Waals surface area contributed by atoms with Crippen molar-refractivity contribution in [3.05, 3.63) is 28.7 Å². The molecule has 16 heavy (non-hydrogen) atoms. The van der Waals surface area contributed by atoms with E-state index in [2.05, 4.69) is 15.9 Å². The molecule has 3 nitrogen and oxygen atoms in total. The molecule has 1 aromatic carbocycles. The molecule has 2 rings (SSSR count). The van der Waals surface area contributed by atoms with Crippen molar-refractivity contribution in [2.75, 3.05) is 0 Å². The van der Waals surface area contributed by atoms with E-state index in [1.165, 1.54) is 0 Å². The molecule has 0 spiro atoms. The van der Waals surface area contributed by atoms with Crippen LogP contribution in [0.4, 0.5) is 0 Å². The van der Waals surface area contributed by atoms with Gasteiger partial charge in [-0.1, -0.05) is 22.0 Å². The summed E-state index contributed by atoms with van der Waals surface area (Å²) in [5, 5.41) is -0.533. The first-order valence-electron chi connectivity index (χ1n) is 5.01. The van der Waals surface area contributed by atoms with E-state index >= 15 is 0 Å². The Balaban J connectivity index is 2.36. The zero-order valence-electron chi connectivity index (χ0n) is 8.52. The molecule has 0 saturated heterocycles. The first-order valence-corrected chi connectivity index (χ1v) is 7.35. The lowest BCUT2D eigenvalue weighted by Gasteiger charge is -2.10. The quantitative estimate of drug-likeness (QED) is 0.842. The predicted octanol–water partition coefficient (Wildman–Crippen LogP) is 2.34. The summed E-state index contributed by atoms with van der Waals surface area (Å²) in [6.45, 7) is 0. The topological polar surface area (TPSA) is 51.2 Å². The van der Waals surface area contributed by atoms with E-state index in [1.54, 1.807) is 24.3 Å². The summed E-state index contributed by atoms with van der Waals surface area (Å²) in [6, 6.07) is 6.62. The van der Waals surface area contributed by atoms with E-state index in [1.807, 2.05) is 0 Å². The fourth-order valence-electron chi connectivity index (χ4n) is 1.88. The van der Waals surface area contributed by atoms with E-state index in [4.69, 9.17) is 0 Å². The minimum absolute atomic E-state index is 0.0450. The smallest absolute Gasteiger partial charge is 0.181 e. The highest BCUT2D eigenvalue weighted by Crippen LogP contribution is 2.28. The SMILES string of the molecule is O=C1CCC(S(=O)(=O)c2cccc(Br)c2)C1. The van der Waals surface area contributed by atoms with Gasteiger partial charge in [0.05, 0.1) is 10.1 Å². The van der Waals surface area contributed by atoms with Crippen LogP contribution in [0.3, 0.4) is 0 Å². The van der Waals surface area contributed by atoms with Crippen LogP contribution in [-0.2, 0) is 14.6 Å². The van der Waals surface area contributed by atoms with Crippen LogP contribution in [0.5, 0.6) is 0 Å². The molecule has 0 aromatic heterocycles. The summed E-state index contributed by atoms with van der Waals surface area (Å²) in [5.74, 6) is 0.0450. The first kappa shape index (κ1) is 11.8. The van der Waals surface area contributed by atoms with Crippen LogP contribution in [0.1, 0.15) is 19.3 Å². The minimum atomic E-state index is -3.34. The van der Waals surface area contributed by atoms with E-state index in [-0.39, 0.29) is 12.2 Å². The van der Waals surface area contributed by atoms with E-state index in [0.717, 1.165) is 4.47 Å². The molecule has 1 atom stereocenters. The van der Waals surface area contributed by atoms with Gasteiger partial charge in [0.1, 0.15) is 5.78 Å². The summed E-state index contributed by atoms with van der Waals surface area (Å²) >= 11 is 3.24. The van der Waals surface area contributed by atoms with Gasteiger partial charge < -0.3 is 0 Å². The van der Waals surface area contributed by atoms with Crippen molar-refractivity contribution >= 4 is 31.6 Å². The zero-order chi connectivity index (χ0) is 11.8. The molecule has 1 aliphatic carbocycles. The van der Waals surface area contributed by atoms with Crippen molar-refractivity contribution in [1.82, 2.24) is 0 Å². The average molecular weight is 303 g/mol. The Morgan fingerprint density at radius 3 is 2.62 bits per heavy atom. The highest BCUT2D eigenvalue weighted by molar-refractivity contribution is 9.10. The van der Waals surface area contributed by atoms with Crippen molar-refractivity contribution < 1.29 is 13.2 Å². The molecule has 86 valence electrons. The van der Waals surface area contributed by atoms with Gasteiger partial charge in [-0.3, -0.25) is 4.79 Å². The molecular weight excluding hydrogens is 292 g/mol. The molecule has 0 radical (unpaired) electrons. The van der Waals surface area contributed by atoms with Gasteiger partial charge >= 0.3 is 0 Å². The molecular formula is C11H11BrO3S. The van der Waals surface area contributed by atoms with Crippen LogP contribution in [-0.4, -0.2) is 19.5 Å². The summed E-state index contributed by atoms with van der Waals surface area (Å²) in [7, 11) is -3.34. The lowest BCUT2D eigenvalue weighted by atomic mass is 10.4. The van der Waals surface area contributed by atoms with Crippen molar-refractivity contribution in [3.8, 4) is 0 Å². The van der Waals surface area contributed by atoms with Gasteiger partial charge in [-0.2, -0.15) is 0 Å². The normalized spacial score (nSPS) is 21.3. The standard InChI is InChI=1S/C11H11BrO3S/c12-8-2-1-3-10(6-8)16(14,15)11-5-4-9(13)7-11/h1-3,6,11H,4-5,7H2. The van der Waals surface area contributed by atoms with Gasteiger partial charge in [0.15, 0.2) is 9.84 Å². The van der Waals surface area contributed by atoms with Crippen molar-refractivity contribution in [2.45, 2.75) is 29.4 Å². The molecule has 5 heteroatoms. The van der Waals surface area contributed by atoms with Gasteiger partial charge in [0.2, 0.25) is 0 Å². The molecule has 1 aliphatic rings. The number of ketones is 1. The first-order chi connectivity index (χ1) is 7.50. The van der Waals surface area contributed by atoms with Crippen LogP contribution >= 0.6 is 15.9 Å². The van der Waals surface area contributed by atoms with E-state index in [9.17, 15) is 13.2 Å². The van der Waals surface area contributed by atoms with Gasteiger partial charge in [0.25, 0.3) is 0 Å². The fraction of sp³-hybridized carbons (Fsp3) is 0.364.